The largest absolute Gasteiger partial charge is 0.497 e. The molecular weight excluding hydrogens is 308 g/mol. The van der Waals surface area contributed by atoms with Crippen molar-refractivity contribution in [2.24, 2.45) is 10.2 Å². The van der Waals surface area contributed by atoms with Crippen molar-refractivity contribution in [1.82, 2.24) is 0 Å². The monoisotopic (exact) mass is 324 g/mol. The number of Topliss-reactive ketones (excluding diaryl/α,β-unsaturated/α-hetero) is 1. The van der Waals surface area contributed by atoms with Crippen molar-refractivity contribution >= 4 is 17.5 Å². The number of thioether (sulfide) groups is 1. The third kappa shape index (κ3) is 2.18. The molecule has 23 heavy (non-hydrogen) atoms. The SMILES string of the molecule is COc1ccc([C@H]2CN=N[C@]23CSc2ccccc2C3=O)cc1. The van der Waals surface area contributed by atoms with Crippen LogP contribution in [0.2, 0.25) is 0 Å². The van der Waals surface area contributed by atoms with E-state index in [4.69, 9.17) is 4.74 Å². The topological polar surface area (TPSA) is 51.0 Å². The average Bonchev–Trinajstić information content (AvgIpc) is 3.03. The summed E-state index contributed by atoms with van der Waals surface area (Å²) in [5.41, 5.74) is 1.08. The van der Waals surface area contributed by atoms with Gasteiger partial charge in [-0.15, -0.1) is 11.8 Å². The van der Waals surface area contributed by atoms with Crippen LogP contribution in [0.3, 0.4) is 0 Å². The highest BCUT2D eigenvalue weighted by Gasteiger charge is 2.52. The van der Waals surface area contributed by atoms with Crippen LogP contribution in [0.25, 0.3) is 0 Å². The van der Waals surface area contributed by atoms with Crippen molar-refractivity contribution in [2.45, 2.75) is 16.4 Å². The van der Waals surface area contributed by atoms with Crippen LogP contribution in [0.5, 0.6) is 5.75 Å². The highest BCUT2D eigenvalue weighted by Crippen LogP contribution is 2.47. The standard InChI is InChI=1S/C18H16N2O2S/c1-22-13-8-6-12(7-9-13)15-10-19-20-18(15)11-23-16-5-3-2-4-14(16)17(18)21/h2-9,15H,10-11H2,1H3/t15-,18-/m1/s1. The van der Waals surface area contributed by atoms with Crippen molar-refractivity contribution in [1.29, 1.82) is 0 Å². The Hall–Kier alpha value is -2.14. The summed E-state index contributed by atoms with van der Waals surface area (Å²) in [6.45, 7) is 0.556. The third-order valence-corrected chi connectivity index (χ3v) is 5.83. The van der Waals surface area contributed by atoms with Crippen LogP contribution >= 0.6 is 11.8 Å². The minimum atomic E-state index is -0.770. The van der Waals surface area contributed by atoms with E-state index in [-0.39, 0.29) is 11.7 Å². The van der Waals surface area contributed by atoms with Gasteiger partial charge in [0.15, 0.2) is 11.3 Å². The lowest BCUT2D eigenvalue weighted by molar-refractivity contribution is 0.0888. The highest BCUT2D eigenvalue weighted by molar-refractivity contribution is 7.99. The number of nitrogens with zero attached hydrogens (tertiary/aromatic N) is 2. The molecule has 2 aliphatic heterocycles. The molecule has 0 aliphatic carbocycles. The minimum absolute atomic E-state index is 0.0123. The van der Waals surface area contributed by atoms with Crippen molar-refractivity contribution < 1.29 is 9.53 Å². The Morgan fingerprint density at radius 2 is 1.96 bits per heavy atom. The molecule has 0 unspecified atom stereocenters. The first-order chi connectivity index (χ1) is 11.2. The maximum atomic E-state index is 13.2. The summed E-state index contributed by atoms with van der Waals surface area (Å²) in [6.07, 6.45) is 0. The zero-order chi connectivity index (χ0) is 15.9. The number of carbonyl (C=O) groups is 1. The molecule has 5 heteroatoms. The molecule has 0 aromatic heterocycles. The zero-order valence-electron chi connectivity index (χ0n) is 12.7. The molecule has 0 saturated heterocycles. The molecule has 2 aliphatic rings. The number of hydrogen-bond donors (Lipinski definition) is 0. The van der Waals surface area contributed by atoms with E-state index in [0.29, 0.717) is 12.3 Å². The fourth-order valence-corrected chi connectivity index (χ4v) is 4.54. The molecule has 0 amide bonds. The molecule has 2 aromatic carbocycles. The van der Waals surface area contributed by atoms with Gasteiger partial charge < -0.3 is 4.74 Å². The molecule has 4 rings (SSSR count). The summed E-state index contributed by atoms with van der Waals surface area (Å²) < 4.78 is 5.22. The van der Waals surface area contributed by atoms with Gasteiger partial charge in [-0.05, 0) is 23.8 Å². The molecule has 4 nitrogen and oxygen atoms in total. The predicted molar refractivity (Wildman–Crippen MR) is 89.7 cm³/mol. The lowest BCUT2D eigenvalue weighted by Gasteiger charge is -2.34. The van der Waals surface area contributed by atoms with Crippen LogP contribution in [0.1, 0.15) is 21.8 Å². The number of fused-ring (bicyclic) bond motifs is 1. The minimum Gasteiger partial charge on any atom is -0.497 e. The zero-order valence-corrected chi connectivity index (χ0v) is 13.5. The van der Waals surface area contributed by atoms with Gasteiger partial charge in [-0.25, -0.2) is 0 Å². The summed E-state index contributed by atoms with van der Waals surface area (Å²) in [6, 6.07) is 15.6. The van der Waals surface area contributed by atoms with Gasteiger partial charge in [-0.3, -0.25) is 4.79 Å². The van der Waals surface area contributed by atoms with E-state index in [1.54, 1.807) is 18.9 Å². The average molecular weight is 324 g/mol. The summed E-state index contributed by atoms with van der Waals surface area (Å²) >= 11 is 1.70. The fraction of sp³-hybridized carbons (Fsp3) is 0.278. The normalized spacial score (nSPS) is 25.6. The molecule has 0 fully saturated rings. The van der Waals surface area contributed by atoms with Crippen molar-refractivity contribution in [3.05, 3.63) is 59.7 Å². The predicted octanol–water partition coefficient (Wildman–Crippen LogP) is 3.97. The molecule has 0 radical (unpaired) electrons. The van der Waals surface area contributed by atoms with Crippen molar-refractivity contribution in [2.75, 3.05) is 19.4 Å². The smallest absolute Gasteiger partial charge is 0.194 e. The van der Waals surface area contributed by atoms with Crippen molar-refractivity contribution in [3.63, 3.8) is 0 Å². The van der Waals surface area contributed by atoms with E-state index in [2.05, 4.69) is 10.2 Å². The number of azo groups is 1. The Labute approximate surface area is 139 Å². The number of rotatable bonds is 2. The molecule has 2 aromatic rings. The fourth-order valence-electron chi connectivity index (χ4n) is 3.29. The van der Waals surface area contributed by atoms with Crippen LogP contribution in [-0.4, -0.2) is 30.7 Å². The number of ether oxygens (including phenoxy) is 1. The van der Waals surface area contributed by atoms with Gasteiger partial charge in [-0.2, -0.15) is 10.2 Å². The summed E-state index contributed by atoms with van der Waals surface area (Å²) in [7, 11) is 1.65. The molecule has 0 N–H and O–H groups in total. The second kappa shape index (κ2) is 5.49. The van der Waals surface area contributed by atoms with Crippen LogP contribution < -0.4 is 4.74 Å². The highest BCUT2D eigenvalue weighted by atomic mass is 32.2. The van der Waals surface area contributed by atoms with Gasteiger partial charge in [0.25, 0.3) is 0 Å². The Balaban J connectivity index is 1.74. The molecular formula is C18H16N2O2S. The molecule has 0 saturated carbocycles. The summed E-state index contributed by atoms with van der Waals surface area (Å²) in [5, 5.41) is 8.67. The maximum Gasteiger partial charge on any atom is 0.194 e. The van der Waals surface area contributed by atoms with Gasteiger partial charge >= 0.3 is 0 Å². The first kappa shape index (κ1) is 14.5. The number of ketones is 1. The molecule has 2 atom stereocenters. The van der Waals surface area contributed by atoms with E-state index >= 15 is 0 Å². The van der Waals surface area contributed by atoms with E-state index in [9.17, 15) is 4.79 Å². The van der Waals surface area contributed by atoms with Gasteiger partial charge in [-0.1, -0.05) is 30.3 Å². The lowest BCUT2D eigenvalue weighted by atomic mass is 9.76. The first-order valence-electron chi connectivity index (χ1n) is 7.54. The van der Waals surface area contributed by atoms with Gasteiger partial charge in [0.1, 0.15) is 5.75 Å². The first-order valence-corrected chi connectivity index (χ1v) is 8.52. The third-order valence-electron chi connectivity index (χ3n) is 4.58. The lowest BCUT2D eigenvalue weighted by Crippen LogP contribution is -2.46. The number of methoxy groups -OCH3 is 1. The summed E-state index contributed by atoms with van der Waals surface area (Å²) in [5.74, 6) is 1.53. The number of carbonyl (C=O) groups excluding carboxylic acids is 1. The second-order valence-electron chi connectivity index (χ2n) is 5.79. The van der Waals surface area contributed by atoms with E-state index < -0.39 is 5.54 Å². The van der Waals surface area contributed by atoms with E-state index in [1.807, 2.05) is 48.5 Å². The van der Waals surface area contributed by atoms with Gasteiger partial charge in [0, 0.05) is 22.1 Å². The molecule has 2 heterocycles. The van der Waals surface area contributed by atoms with Crippen LogP contribution in [0.15, 0.2) is 63.7 Å². The second-order valence-corrected chi connectivity index (χ2v) is 6.81. The number of hydrogen-bond acceptors (Lipinski definition) is 5. The molecule has 0 bridgehead atoms. The van der Waals surface area contributed by atoms with E-state index in [1.165, 1.54) is 0 Å². The summed E-state index contributed by atoms with van der Waals surface area (Å²) in [4.78, 5) is 14.2. The number of benzene rings is 2. The Morgan fingerprint density at radius 3 is 2.74 bits per heavy atom. The molecule has 116 valence electrons. The molecule has 1 spiro atoms. The maximum absolute atomic E-state index is 13.2. The quantitative estimate of drug-likeness (QED) is 0.840. The Morgan fingerprint density at radius 1 is 1.17 bits per heavy atom. The van der Waals surface area contributed by atoms with Crippen LogP contribution in [-0.2, 0) is 0 Å². The Kier molecular flexibility index (Phi) is 3.45. The van der Waals surface area contributed by atoms with Gasteiger partial charge in [0.05, 0.1) is 13.7 Å². The van der Waals surface area contributed by atoms with E-state index in [0.717, 1.165) is 21.8 Å². The van der Waals surface area contributed by atoms with Crippen LogP contribution in [0, 0.1) is 0 Å². The van der Waals surface area contributed by atoms with Crippen molar-refractivity contribution in [3.8, 4) is 5.75 Å². The van der Waals surface area contributed by atoms with Gasteiger partial charge in [0.2, 0.25) is 0 Å². The Bertz CT molecular complexity index is 788. The van der Waals surface area contributed by atoms with Crippen LogP contribution in [0.4, 0.5) is 0 Å².